The number of hydrogen-bond donors (Lipinski definition) is 2. The molecule has 0 atom stereocenters. The van der Waals surface area contributed by atoms with Crippen molar-refractivity contribution in [2.45, 2.75) is 83.7 Å². The van der Waals surface area contributed by atoms with Gasteiger partial charge in [-0.3, -0.25) is 4.90 Å². The third kappa shape index (κ3) is 6.91. The lowest BCUT2D eigenvalue weighted by Crippen LogP contribution is -2.59. The average molecular weight is 434 g/mol. The number of nitrogens with one attached hydrogen (secondary N) is 2. The van der Waals surface area contributed by atoms with E-state index >= 15 is 0 Å². The Hall–Kier alpha value is -1.67. The van der Waals surface area contributed by atoms with E-state index in [1.807, 2.05) is 25.5 Å². The van der Waals surface area contributed by atoms with Crippen LogP contribution in [0.15, 0.2) is 4.99 Å². The van der Waals surface area contributed by atoms with Gasteiger partial charge in [0.1, 0.15) is 12.4 Å². The summed E-state index contributed by atoms with van der Waals surface area (Å²) in [4.78, 5) is 7.64. The lowest BCUT2D eigenvalue weighted by atomic mass is 9.79. The molecule has 1 aromatic heterocycles. The number of hydrogen-bond acceptors (Lipinski definition) is 5. The summed E-state index contributed by atoms with van der Waals surface area (Å²) in [6, 6.07) is 0. The summed E-state index contributed by atoms with van der Waals surface area (Å²) < 4.78 is 7.49. The number of piperidine rings is 1. The Morgan fingerprint density at radius 2 is 1.81 bits per heavy atom. The van der Waals surface area contributed by atoms with E-state index in [9.17, 15) is 0 Å². The van der Waals surface area contributed by atoms with Crippen LogP contribution in [0.25, 0.3) is 0 Å². The number of aromatic nitrogens is 3. The monoisotopic (exact) mass is 433 g/mol. The number of rotatable bonds is 10. The molecular weight excluding hydrogens is 390 g/mol. The maximum atomic E-state index is 5.49. The number of likely N-dealkylation sites (tertiary alicyclic amines) is 1. The van der Waals surface area contributed by atoms with Crippen molar-refractivity contribution in [3.05, 3.63) is 11.6 Å². The SMILES string of the molecule is CCOCCCNC(=NCc1nnc(C)n1C)NCC1(N2CCCCC2)CCCCC1. The van der Waals surface area contributed by atoms with E-state index in [0.29, 0.717) is 6.54 Å². The van der Waals surface area contributed by atoms with Crippen LogP contribution in [0.5, 0.6) is 0 Å². The van der Waals surface area contributed by atoms with Crippen molar-refractivity contribution in [3.8, 4) is 0 Å². The molecule has 1 saturated carbocycles. The Labute approximate surface area is 188 Å². The standard InChI is InChI=1S/C23H43N7O/c1-4-31-17-11-14-24-22(25-18-21-28-27-20(2)29(21)3)26-19-23(12-7-5-8-13-23)30-15-9-6-10-16-30/h4-19H2,1-3H3,(H2,24,25,26). The first kappa shape index (κ1) is 24.0. The highest BCUT2D eigenvalue weighted by molar-refractivity contribution is 5.79. The van der Waals surface area contributed by atoms with Gasteiger partial charge < -0.3 is 19.9 Å². The van der Waals surface area contributed by atoms with Crippen LogP contribution in [-0.4, -0.2) is 70.6 Å². The van der Waals surface area contributed by atoms with E-state index in [1.54, 1.807) is 0 Å². The van der Waals surface area contributed by atoms with Gasteiger partial charge >= 0.3 is 0 Å². The van der Waals surface area contributed by atoms with Gasteiger partial charge in [0.05, 0.1) is 0 Å². The van der Waals surface area contributed by atoms with Gasteiger partial charge in [0.2, 0.25) is 0 Å². The Morgan fingerprint density at radius 3 is 2.48 bits per heavy atom. The molecule has 0 unspecified atom stereocenters. The highest BCUT2D eigenvalue weighted by atomic mass is 16.5. The number of aliphatic imine (C=N–C) groups is 1. The number of nitrogens with zero attached hydrogens (tertiary/aromatic N) is 5. The summed E-state index contributed by atoms with van der Waals surface area (Å²) in [5.41, 5.74) is 0.272. The van der Waals surface area contributed by atoms with E-state index in [1.165, 1.54) is 64.5 Å². The van der Waals surface area contributed by atoms with Gasteiger partial charge in [0, 0.05) is 38.9 Å². The summed E-state index contributed by atoms with van der Waals surface area (Å²) in [6.07, 6.45) is 11.7. The molecule has 0 spiro atoms. The average Bonchev–Trinajstić information content (AvgIpc) is 3.13. The van der Waals surface area contributed by atoms with Crippen LogP contribution < -0.4 is 10.6 Å². The molecule has 0 aromatic carbocycles. The molecule has 1 aromatic rings. The number of guanidine groups is 1. The largest absolute Gasteiger partial charge is 0.382 e. The van der Waals surface area contributed by atoms with Gasteiger partial charge in [-0.25, -0.2) is 4.99 Å². The highest BCUT2D eigenvalue weighted by Gasteiger charge is 2.38. The molecular formula is C23H43N7O. The van der Waals surface area contributed by atoms with Gasteiger partial charge in [0.15, 0.2) is 11.8 Å². The maximum absolute atomic E-state index is 5.49. The van der Waals surface area contributed by atoms with Crippen molar-refractivity contribution >= 4 is 5.96 Å². The second-order valence-corrected chi connectivity index (χ2v) is 9.05. The normalized spacial score (nSPS) is 20.0. The molecule has 2 aliphatic rings. The first-order valence-corrected chi connectivity index (χ1v) is 12.3. The topological polar surface area (TPSA) is 79.6 Å². The summed E-state index contributed by atoms with van der Waals surface area (Å²) in [5, 5.41) is 15.7. The van der Waals surface area contributed by atoms with Crippen molar-refractivity contribution in [1.29, 1.82) is 0 Å². The second-order valence-electron chi connectivity index (χ2n) is 9.05. The Balaban J connectivity index is 1.64. The molecule has 3 rings (SSSR count). The fourth-order valence-electron chi connectivity index (χ4n) is 4.87. The number of aryl methyl sites for hydroxylation is 1. The molecule has 0 amide bonds. The second kappa shape index (κ2) is 12.4. The zero-order valence-corrected chi connectivity index (χ0v) is 20.0. The van der Waals surface area contributed by atoms with Crippen LogP contribution in [0.4, 0.5) is 0 Å². The predicted octanol–water partition coefficient (Wildman–Crippen LogP) is 2.77. The summed E-state index contributed by atoms with van der Waals surface area (Å²) in [7, 11) is 2.00. The van der Waals surface area contributed by atoms with Crippen LogP contribution in [0, 0.1) is 6.92 Å². The Morgan fingerprint density at radius 1 is 1.06 bits per heavy atom. The fourth-order valence-corrected chi connectivity index (χ4v) is 4.87. The van der Waals surface area contributed by atoms with Gasteiger partial charge in [-0.15, -0.1) is 10.2 Å². The minimum atomic E-state index is 0.272. The smallest absolute Gasteiger partial charge is 0.191 e. The quantitative estimate of drug-likeness (QED) is 0.336. The molecule has 2 N–H and O–H groups in total. The minimum Gasteiger partial charge on any atom is -0.382 e. The van der Waals surface area contributed by atoms with Crippen molar-refractivity contribution < 1.29 is 4.74 Å². The van der Waals surface area contributed by atoms with Gasteiger partial charge in [0.25, 0.3) is 0 Å². The van der Waals surface area contributed by atoms with Crippen molar-refractivity contribution in [2.75, 3.05) is 39.4 Å². The summed E-state index contributed by atoms with van der Waals surface area (Å²) in [5.74, 6) is 2.67. The van der Waals surface area contributed by atoms with Crippen molar-refractivity contribution in [3.63, 3.8) is 0 Å². The maximum Gasteiger partial charge on any atom is 0.191 e. The molecule has 1 aliphatic heterocycles. The van der Waals surface area contributed by atoms with Gasteiger partial charge in [-0.2, -0.15) is 0 Å². The van der Waals surface area contributed by atoms with Gasteiger partial charge in [-0.1, -0.05) is 25.7 Å². The molecule has 176 valence electrons. The zero-order chi connectivity index (χ0) is 21.9. The van der Waals surface area contributed by atoms with E-state index < -0.39 is 0 Å². The lowest BCUT2D eigenvalue weighted by Gasteiger charge is -2.48. The van der Waals surface area contributed by atoms with Crippen molar-refractivity contribution in [1.82, 2.24) is 30.3 Å². The van der Waals surface area contributed by atoms with Crippen LogP contribution in [0.1, 0.15) is 76.4 Å². The van der Waals surface area contributed by atoms with E-state index in [-0.39, 0.29) is 5.54 Å². The fraction of sp³-hybridized carbons (Fsp3) is 0.870. The molecule has 1 saturated heterocycles. The van der Waals surface area contributed by atoms with Crippen LogP contribution in [0.2, 0.25) is 0 Å². The van der Waals surface area contributed by atoms with E-state index in [0.717, 1.165) is 50.3 Å². The molecule has 2 fully saturated rings. The lowest BCUT2D eigenvalue weighted by molar-refractivity contribution is 0.0368. The zero-order valence-electron chi connectivity index (χ0n) is 20.0. The first-order valence-electron chi connectivity index (χ1n) is 12.3. The first-order chi connectivity index (χ1) is 15.1. The third-order valence-corrected chi connectivity index (χ3v) is 6.92. The summed E-state index contributed by atoms with van der Waals surface area (Å²) in [6.45, 7) is 10.4. The minimum absolute atomic E-state index is 0.272. The van der Waals surface area contributed by atoms with Crippen LogP contribution >= 0.6 is 0 Å². The molecule has 8 heteroatoms. The molecule has 1 aliphatic carbocycles. The van der Waals surface area contributed by atoms with Crippen LogP contribution in [-0.2, 0) is 18.3 Å². The van der Waals surface area contributed by atoms with Crippen molar-refractivity contribution in [2.24, 2.45) is 12.0 Å². The molecule has 8 nitrogen and oxygen atoms in total. The third-order valence-electron chi connectivity index (χ3n) is 6.92. The van der Waals surface area contributed by atoms with E-state index in [2.05, 4.69) is 25.7 Å². The Kier molecular flexibility index (Phi) is 9.58. The highest BCUT2D eigenvalue weighted by Crippen LogP contribution is 2.35. The molecule has 0 bridgehead atoms. The Bertz CT molecular complexity index is 675. The van der Waals surface area contributed by atoms with E-state index in [4.69, 9.17) is 9.73 Å². The van der Waals surface area contributed by atoms with Crippen LogP contribution in [0.3, 0.4) is 0 Å². The molecule has 0 radical (unpaired) electrons. The van der Waals surface area contributed by atoms with Gasteiger partial charge in [-0.05, 0) is 59.0 Å². The number of ether oxygens (including phenoxy) is 1. The summed E-state index contributed by atoms with van der Waals surface area (Å²) >= 11 is 0. The molecule has 31 heavy (non-hydrogen) atoms. The predicted molar refractivity (Wildman–Crippen MR) is 125 cm³/mol. The molecule has 2 heterocycles.